The van der Waals surface area contributed by atoms with Crippen LogP contribution in [0.1, 0.15) is 60.1 Å². The molecule has 0 aliphatic carbocycles. The van der Waals surface area contributed by atoms with Crippen LogP contribution in [0, 0.1) is 0 Å². The summed E-state index contributed by atoms with van der Waals surface area (Å²) in [5.74, 6) is -0.862. The van der Waals surface area contributed by atoms with Crippen LogP contribution in [0.25, 0.3) is 0 Å². The van der Waals surface area contributed by atoms with E-state index in [9.17, 15) is 19.2 Å². The number of methoxy groups -OCH3 is 1. The van der Waals surface area contributed by atoms with Gasteiger partial charge >= 0.3 is 18.2 Å². The Hall–Kier alpha value is -2.93. The van der Waals surface area contributed by atoms with Crippen LogP contribution in [0.3, 0.4) is 0 Å². The Morgan fingerprint density at radius 1 is 1.14 bits per heavy atom. The van der Waals surface area contributed by atoms with Crippen LogP contribution in [0.5, 0.6) is 5.75 Å². The highest BCUT2D eigenvalue weighted by atomic mass is 79.9. The fourth-order valence-electron chi connectivity index (χ4n) is 3.36. The second-order valence-electron chi connectivity index (χ2n) is 10.4. The van der Waals surface area contributed by atoms with E-state index < -0.39 is 47.4 Å². The summed E-state index contributed by atoms with van der Waals surface area (Å²) in [6, 6.07) is 1.13. The number of nitrogens with zero attached hydrogens (tertiary/aromatic N) is 2. The number of alkyl carbamates (subject to hydrolysis) is 1. The maximum absolute atomic E-state index is 13.5. The third-order valence-corrected chi connectivity index (χ3v) is 5.16. The average molecular weight is 587 g/mol. The van der Waals surface area contributed by atoms with Gasteiger partial charge in [-0.1, -0.05) is 0 Å². The van der Waals surface area contributed by atoms with E-state index in [4.69, 9.17) is 18.9 Å². The van der Waals surface area contributed by atoms with E-state index in [0.29, 0.717) is 29.7 Å². The number of carbonyl (C=O) groups excluding carboxylic acids is 4. The molecule has 1 aliphatic heterocycles. The molecule has 2 heterocycles. The predicted molar refractivity (Wildman–Crippen MR) is 136 cm³/mol. The molecule has 2 rings (SSSR count). The molecule has 1 aromatic rings. The summed E-state index contributed by atoms with van der Waals surface area (Å²) in [7, 11) is 1.27. The summed E-state index contributed by atoms with van der Waals surface area (Å²) < 4.78 is 20.9. The van der Waals surface area contributed by atoms with Crippen LogP contribution in [0.15, 0.2) is 16.7 Å². The van der Waals surface area contributed by atoms with E-state index in [-0.39, 0.29) is 12.2 Å². The van der Waals surface area contributed by atoms with Gasteiger partial charge in [0.2, 0.25) is 0 Å². The first kappa shape index (κ1) is 30.3. The lowest BCUT2D eigenvalue weighted by atomic mass is 10.1. The Morgan fingerprint density at radius 3 is 2.38 bits per heavy atom. The first-order valence-corrected chi connectivity index (χ1v) is 12.6. The lowest BCUT2D eigenvalue weighted by molar-refractivity contribution is -0.150. The van der Waals surface area contributed by atoms with Crippen molar-refractivity contribution in [1.29, 1.82) is 0 Å². The number of hydrogen-bond acceptors (Lipinski definition) is 10. The van der Waals surface area contributed by atoms with Gasteiger partial charge in [-0.3, -0.25) is 14.6 Å². The number of aromatic nitrogens is 1. The number of rotatable bonds is 6. The quantitative estimate of drug-likeness (QED) is 0.289. The Bertz CT molecular complexity index is 1010. The molecule has 1 saturated heterocycles. The van der Waals surface area contributed by atoms with Crippen molar-refractivity contribution in [3.63, 3.8) is 0 Å². The number of pyridine rings is 1. The minimum Gasteiger partial charge on any atom is -0.468 e. The highest BCUT2D eigenvalue weighted by Gasteiger charge is 2.34. The van der Waals surface area contributed by atoms with Gasteiger partial charge in [0, 0.05) is 30.8 Å². The summed E-state index contributed by atoms with van der Waals surface area (Å²) >= 11 is 3.28. The van der Waals surface area contributed by atoms with Crippen molar-refractivity contribution in [2.75, 3.05) is 13.7 Å². The van der Waals surface area contributed by atoms with Crippen LogP contribution in [-0.2, 0) is 30.2 Å². The molecule has 0 spiro atoms. The van der Waals surface area contributed by atoms with Crippen molar-refractivity contribution < 1.29 is 38.1 Å². The van der Waals surface area contributed by atoms with Gasteiger partial charge in [-0.2, -0.15) is 0 Å². The lowest BCUT2D eigenvalue weighted by Crippen LogP contribution is -2.60. The van der Waals surface area contributed by atoms with Crippen molar-refractivity contribution in [3.8, 4) is 5.75 Å². The highest BCUT2D eigenvalue weighted by Crippen LogP contribution is 2.22. The molecule has 13 heteroatoms. The summed E-state index contributed by atoms with van der Waals surface area (Å²) in [6.45, 7) is 10.5. The molecule has 1 aromatic heterocycles. The molecule has 12 nitrogen and oxygen atoms in total. The summed E-state index contributed by atoms with van der Waals surface area (Å²) in [4.78, 5) is 54.5. The molecular weight excluding hydrogens is 552 g/mol. The number of hydrazine groups is 1. The molecule has 2 N–H and O–H groups in total. The van der Waals surface area contributed by atoms with Crippen LogP contribution in [-0.4, -0.2) is 71.1 Å². The van der Waals surface area contributed by atoms with Crippen LogP contribution < -0.4 is 15.5 Å². The van der Waals surface area contributed by atoms with Crippen molar-refractivity contribution in [3.05, 3.63) is 22.4 Å². The van der Waals surface area contributed by atoms with Gasteiger partial charge in [0.1, 0.15) is 33.6 Å². The first-order valence-electron chi connectivity index (χ1n) is 11.8. The first-order chi connectivity index (χ1) is 17.1. The molecule has 0 unspecified atom stereocenters. The zero-order valence-corrected chi connectivity index (χ0v) is 23.8. The predicted octanol–water partition coefficient (Wildman–Crippen LogP) is 3.26. The van der Waals surface area contributed by atoms with E-state index in [2.05, 4.69) is 31.7 Å². The van der Waals surface area contributed by atoms with Crippen LogP contribution >= 0.6 is 15.9 Å². The number of nitrogens with one attached hydrogen (secondary N) is 2. The van der Waals surface area contributed by atoms with Gasteiger partial charge in [-0.05, 0) is 70.3 Å². The zero-order valence-electron chi connectivity index (χ0n) is 22.2. The van der Waals surface area contributed by atoms with Crippen molar-refractivity contribution in [2.24, 2.45) is 0 Å². The highest BCUT2D eigenvalue weighted by molar-refractivity contribution is 9.10. The van der Waals surface area contributed by atoms with Gasteiger partial charge in [0.25, 0.3) is 5.91 Å². The number of carbonyl (C=O) groups is 4. The lowest BCUT2D eigenvalue weighted by Gasteiger charge is -2.35. The summed E-state index contributed by atoms with van der Waals surface area (Å²) in [5, 5.41) is 3.87. The molecule has 0 radical (unpaired) electrons. The minimum absolute atomic E-state index is 0.0662. The van der Waals surface area contributed by atoms with E-state index in [0.717, 1.165) is 0 Å². The molecule has 2 amide bonds. The van der Waals surface area contributed by atoms with Gasteiger partial charge in [-0.25, -0.2) is 20.0 Å². The molecule has 1 fully saturated rings. The monoisotopic (exact) mass is 586 g/mol. The normalized spacial score (nSPS) is 16.9. The van der Waals surface area contributed by atoms with E-state index in [1.807, 2.05) is 0 Å². The second kappa shape index (κ2) is 12.5. The molecule has 2 atom stereocenters. The van der Waals surface area contributed by atoms with Gasteiger partial charge in [0.15, 0.2) is 0 Å². The number of halogens is 1. The topological polar surface area (TPSA) is 145 Å². The molecular formula is C24H35BrN4O8. The average Bonchev–Trinajstić information content (AvgIpc) is 2.74. The van der Waals surface area contributed by atoms with Gasteiger partial charge < -0.3 is 24.3 Å². The minimum atomic E-state index is -1.12. The number of amides is 2. The number of esters is 1. The van der Waals surface area contributed by atoms with E-state index >= 15 is 0 Å². The van der Waals surface area contributed by atoms with Gasteiger partial charge in [0.05, 0.1) is 7.11 Å². The number of hydrogen-bond donors (Lipinski definition) is 2. The smallest absolute Gasteiger partial charge is 0.468 e. The molecule has 0 bridgehead atoms. The molecule has 1 aliphatic rings. The Labute approximate surface area is 224 Å². The molecule has 37 heavy (non-hydrogen) atoms. The zero-order chi connectivity index (χ0) is 28.0. The van der Waals surface area contributed by atoms with E-state index in [1.54, 1.807) is 41.5 Å². The van der Waals surface area contributed by atoms with Crippen LogP contribution in [0.4, 0.5) is 9.59 Å². The van der Waals surface area contributed by atoms with Crippen molar-refractivity contribution in [2.45, 2.75) is 84.1 Å². The largest absolute Gasteiger partial charge is 0.514 e. The Balaban J connectivity index is 2.27. The maximum Gasteiger partial charge on any atom is 0.514 e. The molecule has 0 aromatic carbocycles. The summed E-state index contributed by atoms with van der Waals surface area (Å²) in [5.41, 5.74) is 1.66. The standard InChI is InChI=1S/C24H35BrN4O8/c1-23(2,3)36-21(32)27-17(19(30)29-10-8-9-16(28-29)20(31)34-7)12-14-11-15(13-18(25)26-14)35-22(33)37-24(4,5)6/h11,13,16-17,28H,8-10,12H2,1-7H3,(H,27,32)/t16-,17-/m0/s1. The summed E-state index contributed by atoms with van der Waals surface area (Å²) in [6.07, 6.45) is -0.710. The molecule has 0 saturated carbocycles. The fraction of sp³-hybridized carbons (Fsp3) is 0.625. The fourth-order valence-corrected chi connectivity index (χ4v) is 3.81. The molecule has 206 valence electrons. The van der Waals surface area contributed by atoms with E-state index in [1.165, 1.54) is 24.3 Å². The third kappa shape index (κ3) is 10.5. The maximum atomic E-state index is 13.5. The van der Waals surface area contributed by atoms with Crippen molar-refractivity contribution >= 4 is 40.1 Å². The Morgan fingerprint density at radius 2 is 1.78 bits per heavy atom. The third-order valence-electron chi connectivity index (χ3n) is 4.75. The van der Waals surface area contributed by atoms with Gasteiger partial charge in [-0.15, -0.1) is 0 Å². The Kier molecular flexibility index (Phi) is 10.3. The SMILES string of the molecule is COC(=O)[C@@H]1CCCN(C(=O)[C@H](Cc2cc(OC(=O)OC(C)(C)C)cc(Br)n2)NC(=O)OC(C)(C)C)N1. The number of ether oxygens (including phenoxy) is 4. The second-order valence-corrected chi connectivity index (χ2v) is 11.2. The van der Waals surface area contributed by atoms with Crippen molar-refractivity contribution in [1.82, 2.24) is 20.7 Å². The van der Waals surface area contributed by atoms with Crippen LogP contribution in [0.2, 0.25) is 0 Å².